The molecule has 0 aliphatic carbocycles. The maximum Gasteiger partial charge on any atom is 0.124 e. The van der Waals surface area contributed by atoms with Gasteiger partial charge < -0.3 is 5.32 Å². The molecule has 1 aliphatic rings. The second kappa shape index (κ2) is 4.62. The van der Waals surface area contributed by atoms with Gasteiger partial charge in [-0.2, -0.15) is 11.8 Å². The molecule has 1 aromatic rings. The van der Waals surface area contributed by atoms with Crippen molar-refractivity contribution in [3.05, 3.63) is 29.0 Å². The molecule has 0 radical (unpaired) electrons. The first-order valence-corrected chi connectivity index (χ1v) is 6.41. The maximum absolute atomic E-state index is 12.8. The Bertz CT molecular complexity index is 358. The molecule has 82 valence electrons. The lowest BCUT2D eigenvalue weighted by Crippen LogP contribution is -2.19. The third kappa shape index (κ3) is 2.79. The SMILES string of the molecule is CC1CC(Nc2ccc(F)cc2Cl)CS1. The first-order chi connectivity index (χ1) is 7.15. The minimum absolute atomic E-state index is 0.292. The summed E-state index contributed by atoms with van der Waals surface area (Å²) in [6, 6.07) is 4.92. The summed E-state index contributed by atoms with van der Waals surface area (Å²) in [7, 11) is 0. The second-order valence-electron chi connectivity index (χ2n) is 3.85. The number of anilines is 1. The quantitative estimate of drug-likeness (QED) is 0.851. The Kier molecular flexibility index (Phi) is 3.42. The highest BCUT2D eigenvalue weighted by atomic mass is 35.5. The van der Waals surface area contributed by atoms with Crippen molar-refractivity contribution in [2.24, 2.45) is 0 Å². The highest BCUT2D eigenvalue weighted by Crippen LogP contribution is 2.30. The van der Waals surface area contributed by atoms with Crippen LogP contribution < -0.4 is 5.32 Å². The van der Waals surface area contributed by atoms with Crippen LogP contribution in [0.3, 0.4) is 0 Å². The van der Waals surface area contributed by atoms with E-state index >= 15 is 0 Å². The van der Waals surface area contributed by atoms with Gasteiger partial charge in [-0.1, -0.05) is 18.5 Å². The summed E-state index contributed by atoms with van der Waals surface area (Å²) in [6.45, 7) is 2.22. The normalized spacial score (nSPS) is 25.5. The molecule has 0 spiro atoms. The predicted molar refractivity (Wildman–Crippen MR) is 65.4 cm³/mol. The van der Waals surface area contributed by atoms with Gasteiger partial charge in [0.2, 0.25) is 0 Å². The summed E-state index contributed by atoms with van der Waals surface area (Å²) in [5.41, 5.74) is 0.831. The number of halogens is 2. The van der Waals surface area contributed by atoms with Crippen LogP contribution in [0.5, 0.6) is 0 Å². The zero-order chi connectivity index (χ0) is 10.8. The molecule has 2 rings (SSSR count). The van der Waals surface area contributed by atoms with Crippen LogP contribution in [0.25, 0.3) is 0 Å². The molecule has 1 N–H and O–H groups in total. The summed E-state index contributed by atoms with van der Waals surface area (Å²) in [6.07, 6.45) is 1.14. The Hall–Kier alpha value is -0.410. The monoisotopic (exact) mass is 245 g/mol. The number of benzene rings is 1. The van der Waals surface area contributed by atoms with E-state index in [1.54, 1.807) is 6.07 Å². The van der Waals surface area contributed by atoms with Crippen molar-refractivity contribution in [2.75, 3.05) is 11.1 Å². The fourth-order valence-corrected chi connectivity index (χ4v) is 3.11. The largest absolute Gasteiger partial charge is 0.380 e. The second-order valence-corrected chi connectivity index (χ2v) is 5.72. The van der Waals surface area contributed by atoms with Crippen molar-refractivity contribution in [3.63, 3.8) is 0 Å². The molecule has 1 aliphatic heterocycles. The lowest BCUT2D eigenvalue weighted by atomic mass is 10.2. The summed E-state index contributed by atoms with van der Waals surface area (Å²) in [5, 5.41) is 4.50. The topological polar surface area (TPSA) is 12.0 Å². The molecule has 0 aromatic heterocycles. The number of rotatable bonds is 2. The first-order valence-electron chi connectivity index (χ1n) is 4.98. The van der Waals surface area contributed by atoms with Gasteiger partial charge in [-0.3, -0.25) is 0 Å². The molecule has 1 saturated heterocycles. The van der Waals surface area contributed by atoms with E-state index < -0.39 is 0 Å². The molecule has 1 aromatic carbocycles. The van der Waals surface area contributed by atoms with Crippen LogP contribution >= 0.6 is 23.4 Å². The standard InChI is InChI=1S/C11H13ClFNS/c1-7-4-9(6-15-7)14-11-3-2-8(13)5-10(11)12/h2-3,5,7,9,14H,4,6H2,1H3. The Morgan fingerprint density at radius 3 is 2.93 bits per heavy atom. The van der Waals surface area contributed by atoms with Gasteiger partial charge in [-0.05, 0) is 24.6 Å². The summed E-state index contributed by atoms with van der Waals surface area (Å²) < 4.78 is 12.8. The van der Waals surface area contributed by atoms with Gasteiger partial charge in [0.05, 0.1) is 10.7 Å². The smallest absolute Gasteiger partial charge is 0.124 e. The van der Waals surface area contributed by atoms with Crippen molar-refractivity contribution in [3.8, 4) is 0 Å². The van der Waals surface area contributed by atoms with E-state index in [1.807, 2.05) is 11.8 Å². The Balaban J connectivity index is 2.04. The predicted octanol–water partition coefficient (Wildman–Crippen LogP) is 3.79. The fraction of sp³-hybridized carbons (Fsp3) is 0.455. The average Bonchev–Trinajstić information content (AvgIpc) is 2.56. The average molecular weight is 246 g/mol. The van der Waals surface area contributed by atoms with Crippen LogP contribution in [0.15, 0.2) is 18.2 Å². The third-order valence-corrected chi connectivity index (χ3v) is 4.16. The molecule has 0 saturated carbocycles. The van der Waals surface area contributed by atoms with Crippen LogP contribution in [0.4, 0.5) is 10.1 Å². The Morgan fingerprint density at radius 1 is 1.53 bits per heavy atom. The van der Waals surface area contributed by atoms with Crippen LogP contribution in [0.2, 0.25) is 5.02 Å². The van der Waals surface area contributed by atoms with Crippen molar-refractivity contribution in [2.45, 2.75) is 24.6 Å². The van der Waals surface area contributed by atoms with Gasteiger partial charge in [-0.15, -0.1) is 0 Å². The molecule has 2 atom stereocenters. The molecule has 1 heterocycles. The van der Waals surface area contributed by atoms with Gasteiger partial charge in [0.1, 0.15) is 5.82 Å². The summed E-state index contributed by atoms with van der Waals surface area (Å²) >= 11 is 7.89. The van der Waals surface area contributed by atoms with Crippen molar-refractivity contribution in [1.29, 1.82) is 0 Å². The molecule has 2 unspecified atom stereocenters. The third-order valence-electron chi connectivity index (χ3n) is 2.49. The van der Waals surface area contributed by atoms with Crippen LogP contribution in [-0.4, -0.2) is 17.0 Å². The van der Waals surface area contributed by atoms with Gasteiger partial charge in [0, 0.05) is 17.0 Å². The Morgan fingerprint density at radius 2 is 2.33 bits per heavy atom. The van der Waals surface area contributed by atoms with Gasteiger partial charge in [0.25, 0.3) is 0 Å². The van der Waals surface area contributed by atoms with E-state index in [2.05, 4.69) is 12.2 Å². The van der Waals surface area contributed by atoms with E-state index in [0.29, 0.717) is 16.3 Å². The van der Waals surface area contributed by atoms with Crippen molar-refractivity contribution >= 4 is 29.1 Å². The molecule has 0 bridgehead atoms. The molecular weight excluding hydrogens is 233 g/mol. The van der Waals surface area contributed by atoms with Crippen molar-refractivity contribution in [1.82, 2.24) is 0 Å². The van der Waals surface area contributed by atoms with Crippen LogP contribution in [0.1, 0.15) is 13.3 Å². The van der Waals surface area contributed by atoms with Crippen LogP contribution in [-0.2, 0) is 0 Å². The molecule has 15 heavy (non-hydrogen) atoms. The molecule has 1 nitrogen and oxygen atoms in total. The number of hydrogen-bond donors (Lipinski definition) is 1. The van der Waals surface area contributed by atoms with E-state index in [-0.39, 0.29) is 5.82 Å². The molecule has 1 fully saturated rings. The van der Waals surface area contributed by atoms with E-state index in [9.17, 15) is 4.39 Å². The number of nitrogens with one attached hydrogen (secondary N) is 1. The summed E-state index contributed by atoms with van der Waals surface area (Å²) in [5.74, 6) is 0.800. The van der Waals surface area contributed by atoms with E-state index in [1.165, 1.54) is 12.1 Å². The van der Waals surface area contributed by atoms with E-state index in [4.69, 9.17) is 11.6 Å². The highest BCUT2D eigenvalue weighted by Gasteiger charge is 2.22. The molecule has 4 heteroatoms. The van der Waals surface area contributed by atoms with Gasteiger partial charge in [0.15, 0.2) is 0 Å². The molecular formula is C11H13ClFNS. The zero-order valence-electron chi connectivity index (χ0n) is 8.47. The lowest BCUT2D eigenvalue weighted by Gasteiger charge is -2.14. The van der Waals surface area contributed by atoms with Gasteiger partial charge >= 0.3 is 0 Å². The fourth-order valence-electron chi connectivity index (χ4n) is 1.74. The number of thioether (sulfide) groups is 1. The zero-order valence-corrected chi connectivity index (χ0v) is 10.0. The molecule has 0 amide bonds. The minimum Gasteiger partial charge on any atom is -0.380 e. The van der Waals surface area contributed by atoms with E-state index in [0.717, 1.165) is 17.9 Å². The highest BCUT2D eigenvalue weighted by molar-refractivity contribution is 8.00. The summed E-state index contributed by atoms with van der Waals surface area (Å²) in [4.78, 5) is 0. The lowest BCUT2D eigenvalue weighted by molar-refractivity contribution is 0.628. The van der Waals surface area contributed by atoms with Gasteiger partial charge in [-0.25, -0.2) is 4.39 Å². The number of hydrogen-bond acceptors (Lipinski definition) is 2. The van der Waals surface area contributed by atoms with Crippen LogP contribution in [0, 0.1) is 5.82 Å². The Labute approximate surface area is 98.4 Å². The first kappa shape index (κ1) is 11.1. The maximum atomic E-state index is 12.8. The minimum atomic E-state index is -0.292. The van der Waals surface area contributed by atoms with Crippen molar-refractivity contribution < 1.29 is 4.39 Å².